The molecule has 1 aromatic heterocycles. The van der Waals surface area contributed by atoms with Gasteiger partial charge in [0.2, 0.25) is 0 Å². The van der Waals surface area contributed by atoms with Gasteiger partial charge in [0.25, 0.3) is 5.91 Å². The summed E-state index contributed by atoms with van der Waals surface area (Å²) in [7, 11) is 1.77. The molecule has 0 unspecified atom stereocenters. The Morgan fingerprint density at radius 2 is 1.83 bits per heavy atom. The molecule has 0 atom stereocenters. The molecule has 1 aromatic carbocycles. The van der Waals surface area contributed by atoms with Crippen molar-refractivity contribution in [1.29, 1.82) is 0 Å². The number of aryl methyl sites for hydroxylation is 1. The number of para-hydroxylation sites is 1. The summed E-state index contributed by atoms with van der Waals surface area (Å²) in [5.41, 5.74) is 1.27. The molecule has 1 saturated carbocycles. The molecule has 0 bridgehead atoms. The number of hydrogen-bond acceptors (Lipinski definition) is 4. The number of aromatic nitrogens is 2. The Bertz CT molecular complexity index is 696. The number of hydrogen-bond donors (Lipinski definition) is 1. The van der Waals surface area contributed by atoms with E-state index in [1.54, 1.807) is 18.0 Å². The molecule has 0 saturated heterocycles. The Balaban J connectivity index is 1.78. The van der Waals surface area contributed by atoms with Gasteiger partial charge in [0, 0.05) is 24.8 Å². The Hall–Kier alpha value is -2.43. The van der Waals surface area contributed by atoms with Gasteiger partial charge in [-0.3, -0.25) is 4.79 Å². The molecule has 5 nitrogen and oxygen atoms in total. The lowest BCUT2D eigenvalue weighted by Gasteiger charge is -2.23. The quantitative estimate of drug-likeness (QED) is 0.929. The first-order valence-corrected chi connectivity index (χ1v) is 8.59. The molecule has 0 aliphatic heterocycles. The van der Waals surface area contributed by atoms with Gasteiger partial charge in [0.15, 0.2) is 0 Å². The van der Waals surface area contributed by atoms with Crippen molar-refractivity contribution in [1.82, 2.24) is 9.97 Å². The zero-order chi connectivity index (χ0) is 16.9. The molecule has 24 heavy (non-hydrogen) atoms. The summed E-state index contributed by atoms with van der Waals surface area (Å²) in [6.45, 7) is 1.82. The van der Waals surface area contributed by atoms with E-state index in [0.29, 0.717) is 17.6 Å². The Kier molecular flexibility index (Phi) is 5.08. The van der Waals surface area contributed by atoms with Crippen molar-refractivity contribution < 1.29 is 4.79 Å². The average Bonchev–Trinajstić information content (AvgIpc) is 2.61. The van der Waals surface area contributed by atoms with E-state index in [2.05, 4.69) is 15.3 Å². The standard InChI is InChI=1S/C19H24N4O/c1-14-20-17(19(24)23(2)16-11-7-4-8-12-16)13-18(21-14)22-15-9-5-3-6-10-15/h4,7-8,11-13,15H,3,5-6,9-10H2,1-2H3,(H,20,21,22). The van der Waals surface area contributed by atoms with E-state index in [0.717, 1.165) is 24.3 Å². The van der Waals surface area contributed by atoms with Gasteiger partial charge in [-0.15, -0.1) is 0 Å². The fourth-order valence-corrected chi connectivity index (χ4v) is 3.15. The molecule has 126 valence electrons. The number of anilines is 2. The number of carbonyl (C=O) groups excluding carboxylic acids is 1. The highest BCUT2D eigenvalue weighted by Gasteiger charge is 2.18. The van der Waals surface area contributed by atoms with Gasteiger partial charge in [-0.2, -0.15) is 0 Å². The van der Waals surface area contributed by atoms with Crippen LogP contribution >= 0.6 is 0 Å². The summed E-state index contributed by atoms with van der Waals surface area (Å²) in [6, 6.07) is 11.8. The second-order valence-electron chi connectivity index (χ2n) is 6.36. The van der Waals surface area contributed by atoms with Crippen LogP contribution in [0.5, 0.6) is 0 Å². The molecule has 0 spiro atoms. The van der Waals surface area contributed by atoms with E-state index in [9.17, 15) is 4.79 Å². The first-order chi connectivity index (χ1) is 11.6. The highest BCUT2D eigenvalue weighted by molar-refractivity contribution is 6.04. The van der Waals surface area contributed by atoms with Crippen LogP contribution in [0.2, 0.25) is 0 Å². The van der Waals surface area contributed by atoms with E-state index >= 15 is 0 Å². The maximum atomic E-state index is 12.7. The molecule has 0 radical (unpaired) electrons. The van der Waals surface area contributed by atoms with Crippen molar-refractivity contribution in [3.05, 3.63) is 47.9 Å². The number of rotatable bonds is 4. The molecular weight excluding hydrogens is 300 g/mol. The molecule has 1 aliphatic carbocycles. The summed E-state index contributed by atoms with van der Waals surface area (Å²) >= 11 is 0. The molecule has 1 amide bonds. The van der Waals surface area contributed by atoms with E-state index < -0.39 is 0 Å². The normalized spacial score (nSPS) is 15.1. The largest absolute Gasteiger partial charge is 0.367 e. The summed E-state index contributed by atoms with van der Waals surface area (Å²) in [6.07, 6.45) is 6.15. The van der Waals surface area contributed by atoms with Crippen molar-refractivity contribution >= 4 is 17.4 Å². The highest BCUT2D eigenvalue weighted by Crippen LogP contribution is 2.22. The first kappa shape index (κ1) is 16.4. The predicted octanol–water partition coefficient (Wildman–Crippen LogP) is 3.81. The Labute approximate surface area is 143 Å². The van der Waals surface area contributed by atoms with Crippen molar-refractivity contribution in [2.75, 3.05) is 17.3 Å². The lowest BCUT2D eigenvalue weighted by molar-refractivity contribution is 0.0988. The van der Waals surface area contributed by atoms with Gasteiger partial charge in [-0.1, -0.05) is 37.5 Å². The van der Waals surface area contributed by atoms with E-state index in [4.69, 9.17) is 0 Å². The second kappa shape index (κ2) is 7.43. The van der Waals surface area contributed by atoms with Crippen LogP contribution in [0.3, 0.4) is 0 Å². The molecule has 1 aliphatic rings. The lowest BCUT2D eigenvalue weighted by atomic mass is 9.95. The van der Waals surface area contributed by atoms with Crippen molar-refractivity contribution in [3.8, 4) is 0 Å². The third-order valence-electron chi connectivity index (χ3n) is 4.46. The maximum absolute atomic E-state index is 12.7. The fourth-order valence-electron chi connectivity index (χ4n) is 3.15. The Morgan fingerprint density at radius 1 is 1.12 bits per heavy atom. The number of benzene rings is 1. The first-order valence-electron chi connectivity index (χ1n) is 8.59. The van der Waals surface area contributed by atoms with Gasteiger partial charge in [-0.05, 0) is 31.9 Å². The van der Waals surface area contributed by atoms with Gasteiger partial charge in [0.1, 0.15) is 17.3 Å². The van der Waals surface area contributed by atoms with Gasteiger partial charge < -0.3 is 10.2 Å². The third kappa shape index (κ3) is 3.91. The zero-order valence-corrected chi connectivity index (χ0v) is 14.3. The molecule has 1 N–H and O–H groups in total. The number of nitrogens with one attached hydrogen (secondary N) is 1. The lowest BCUT2D eigenvalue weighted by Crippen LogP contribution is -2.28. The monoisotopic (exact) mass is 324 g/mol. The molecule has 3 rings (SSSR count). The van der Waals surface area contributed by atoms with Gasteiger partial charge >= 0.3 is 0 Å². The molecule has 1 fully saturated rings. The minimum Gasteiger partial charge on any atom is -0.367 e. The zero-order valence-electron chi connectivity index (χ0n) is 14.3. The van der Waals surface area contributed by atoms with Crippen molar-refractivity contribution in [2.24, 2.45) is 0 Å². The van der Waals surface area contributed by atoms with Crippen molar-refractivity contribution in [2.45, 2.75) is 45.1 Å². The van der Waals surface area contributed by atoms with E-state index in [-0.39, 0.29) is 5.91 Å². The summed E-state index contributed by atoms with van der Waals surface area (Å²) in [4.78, 5) is 23.1. The second-order valence-corrected chi connectivity index (χ2v) is 6.36. The average molecular weight is 324 g/mol. The minimum absolute atomic E-state index is 0.126. The van der Waals surface area contributed by atoms with Crippen LogP contribution in [-0.2, 0) is 0 Å². The summed E-state index contributed by atoms with van der Waals surface area (Å²) in [5.74, 6) is 1.23. The topological polar surface area (TPSA) is 58.1 Å². The number of carbonyl (C=O) groups is 1. The smallest absolute Gasteiger partial charge is 0.276 e. The highest BCUT2D eigenvalue weighted by atomic mass is 16.2. The van der Waals surface area contributed by atoms with E-state index in [1.807, 2.05) is 37.3 Å². The summed E-state index contributed by atoms with van der Waals surface area (Å²) < 4.78 is 0. The summed E-state index contributed by atoms with van der Waals surface area (Å²) in [5, 5.41) is 3.47. The molecule has 5 heteroatoms. The van der Waals surface area contributed by atoms with Crippen molar-refractivity contribution in [3.63, 3.8) is 0 Å². The SMILES string of the molecule is Cc1nc(NC2CCCCC2)cc(C(=O)N(C)c2ccccc2)n1. The number of amides is 1. The predicted molar refractivity (Wildman–Crippen MR) is 96.4 cm³/mol. The minimum atomic E-state index is -0.126. The van der Waals surface area contributed by atoms with Crippen LogP contribution in [0.1, 0.15) is 48.4 Å². The fraction of sp³-hybridized carbons (Fsp3) is 0.421. The molecule has 1 heterocycles. The van der Waals surface area contributed by atoms with Crippen LogP contribution < -0.4 is 10.2 Å². The van der Waals surface area contributed by atoms with Gasteiger partial charge in [0.05, 0.1) is 0 Å². The van der Waals surface area contributed by atoms with Crippen LogP contribution in [0.4, 0.5) is 11.5 Å². The van der Waals surface area contributed by atoms with Crippen LogP contribution in [0.15, 0.2) is 36.4 Å². The molecule has 2 aromatic rings. The van der Waals surface area contributed by atoms with Crippen LogP contribution in [0, 0.1) is 6.92 Å². The maximum Gasteiger partial charge on any atom is 0.276 e. The van der Waals surface area contributed by atoms with Crippen LogP contribution in [-0.4, -0.2) is 29.0 Å². The van der Waals surface area contributed by atoms with Gasteiger partial charge in [-0.25, -0.2) is 9.97 Å². The number of nitrogens with zero attached hydrogens (tertiary/aromatic N) is 3. The molecular formula is C19H24N4O. The van der Waals surface area contributed by atoms with E-state index in [1.165, 1.54) is 19.3 Å². The Morgan fingerprint density at radius 3 is 2.54 bits per heavy atom. The third-order valence-corrected chi connectivity index (χ3v) is 4.46. The van der Waals surface area contributed by atoms with Crippen LogP contribution in [0.25, 0.3) is 0 Å².